The summed E-state index contributed by atoms with van der Waals surface area (Å²) in [7, 11) is 0. The van der Waals surface area contributed by atoms with Crippen molar-refractivity contribution in [2.45, 2.75) is 12.8 Å². The zero-order chi connectivity index (χ0) is 9.64. The van der Waals surface area contributed by atoms with Gasteiger partial charge in [-0.2, -0.15) is 0 Å². The topological polar surface area (TPSA) is 34.1 Å². The summed E-state index contributed by atoms with van der Waals surface area (Å²) in [5.41, 5.74) is 0. The Morgan fingerprint density at radius 2 is 2.40 bits per heavy atom. The van der Waals surface area contributed by atoms with Crippen LogP contribution in [0.3, 0.4) is 0 Å². The van der Waals surface area contributed by atoms with Gasteiger partial charge in [0, 0.05) is 24.7 Å². The van der Waals surface area contributed by atoms with Crippen molar-refractivity contribution in [1.82, 2.24) is 10.3 Å². The normalized spacial score (nSPS) is 20.4. The number of aromatic nitrogens is 1. The predicted octanol–water partition coefficient (Wildman–Crippen LogP) is 1.88. The van der Waals surface area contributed by atoms with Crippen LogP contribution in [0.2, 0.25) is 0 Å². The molecule has 0 radical (unpaired) electrons. The van der Waals surface area contributed by atoms with Gasteiger partial charge in [-0.15, -0.1) is 12.4 Å². The van der Waals surface area contributed by atoms with Gasteiger partial charge in [0.05, 0.1) is 6.61 Å². The quantitative estimate of drug-likeness (QED) is 0.858. The molecule has 0 aliphatic carbocycles. The molecule has 1 unspecified atom stereocenters. The van der Waals surface area contributed by atoms with Crippen molar-refractivity contribution < 1.29 is 4.74 Å². The van der Waals surface area contributed by atoms with Crippen LogP contribution in [0, 0.1) is 5.92 Å². The van der Waals surface area contributed by atoms with Crippen LogP contribution in [0.25, 0.3) is 0 Å². The third kappa shape index (κ3) is 4.06. The van der Waals surface area contributed by atoms with Crippen molar-refractivity contribution in [2.24, 2.45) is 5.92 Å². The maximum Gasteiger partial charge on any atom is 0.213 e. The highest BCUT2D eigenvalue weighted by Crippen LogP contribution is 2.12. The van der Waals surface area contributed by atoms with E-state index >= 15 is 0 Å². The van der Waals surface area contributed by atoms with Crippen molar-refractivity contribution >= 4 is 12.4 Å². The second kappa shape index (κ2) is 6.64. The van der Waals surface area contributed by atoms with E-state index in [-0.39, 0.29) is 12.4 Å². The lowest BCUT2D eigenvalue weighted by Gasteiger charge is -2.22. The summed E-state index contributed by atoms with van der Waals surface area (Å²) < 4.78 is 5.59. The average Bonchev–Trinajstić information content (AvgIpc) is 2.29. The number of hydrogen-bond acceptors (Lipinski definition) is 3. The summed E-state index contributed by atoms with van der Waals surface area (Å²) in [6.07, 6.45) is 4.28. The first-order valence-electron chi connectivity index (χ1n) is 5.20. The molecule has 4 heteroatoms. The summed E-state index contributed by atoms with van der Waals surface area (Å²) in [5, 5.41) is 3.37. The molecule has 0 amide bonds. The molecule has 3 nitrogen and oxygen atoms in total. The second-order valence-corrected chi connectivity index (χ2v) is 3.69. The third-order valence-electron chi connectivity index (χ3n) is 2.50. The number of piperidine rings is 1. The minimum absolute atomic E-state index is 0. The Hall–Kier alpha value is -0.800. The van der Waals surface area contributed by atoms with Crippen LogP contribution in [0.4, 0.5) is 0 Å². The lowest BCUT2D eigenvalue weighted by Crippen LogP contribution is -2.33. The van der Waals surface area contributed by atoms with Crippen LogP contribution in [0.15, 0.2) is 24.4 Å². The van der Waals surface area contributed by atoms with Gasteiger partial charge in [-0.3, -0.25) is 0 Å². The molecule has 1 saturated heterocycles. The van der Waals surface area contributed by atoms with Gasteiger partial charge in [-0.05, 0) is 25.5 Å². The van der Waals surface area contributed by atoms with Gasteiger partial charge in [0.2, 0.25) is 5.88 Å². The Kier molecular flexibility index (Phi) is 5.43. The average molecular weight is 229 g/mol. The minimum atomic E-state index is 0. The molecule has 1 atom stereocenters. The molecule has 1 fully saturated rings. The number of nitrogens with zero attached hydrogens (tertiary/aromatic N) is 1. The van der Waals surface area contributed by atoms with Gasteiger partial charge in [0.1, 0.15) is 0 Å². The van der Waals surface area contributed by atoms with E-state index in [1.165, 1.54) is 12.8 Å². The van der Waals surface area contributed by atoms with Crippen molar-refractivity contribution in [1.29, 1.82) is 0 Å². The molecule has 1 aromatic heterocycles. The summed E-state index contributed by atoms with van der Waals surface area (Å²) in [6, 6.07) is 5.74. The van der Waals surface area contributed by atoms with Crippen molar-refractivity contribution in [3.8, 4) is 5.88 Å². The maximum absolute atomic E-state index is 5.59. The van der Waals surface area contributed by atoms with E-state index in [1.54, 1.807) is 6.20 Å². The zero-order valence-corrected chi connectivity index (χ0v) is 9.50. The van der Waals surface area contributed by atoms with Gasteiger partial charge in [0.25, 0.3) is 0 Å². The summed E-state index contributed by atoms with van der Waals surface area (Å²) in [5.74, 6) is 1.38. The molecule has 0 aromatic carbocycles. The Morgan fingerprint density at radius 1 is 1.47 bits per heavy atom. The molecule has 0 spiro atoms. The van der Waals surface area contributed by atoms with Crippen LogP contribution in [-0.2, 0) is 0 Å². The maximum atomic E-state index is 5.59. The second-order valence-electron chi connectivity index (χ2n) is 3.69. The zero-order valence-electron chi connectivity index (χ0n) is 8.69. The molecule has 0 saturated carbocycles. The lowest BCUT2D eigenvalue weighted by atomic mass is 10.0. The summed E-state index contributed by atoms with van der Waals surface area (Å²) in [6.45, 7) is 3.01. The molecule has 1 aliphatic heterocycles. The molecule has 2 rings (SSSR count). The molecule has 1 N–H and O–H groups in total. The Labute approximate surface area is 96.7 Å². The van der Waals surface area contributed by atoms with Gasteiger partial charge < -0.3 is 10.1 Å². The van der Waals surface area contributed by atoms with Crippen LogP contribution in [0.5, 0.6) is 5.88 Å². The highest BCUT2D eigenvalue weighted by molar-refractivity contribution is 5.85. The highest BCUT2D eigenvalue weighted by atomic mass is 35.5. The van der Waals surface area contributed by atoms with Crippen molar-refractivity contribution in [2.75, 3.05) is 19.7 Å². The van der Waals surface area contributed by atoms with Crippen LogP contribution >= 0.6 is 12.4 Å². The Morgan fingerprint density at radius 3 is 3.07 bits per heavy atom. The van der Waals surface area contributed by atoms with Crippen LogP contribution in [0.1, 0.15) is 12.8 Å². The molecule has 0 bridgehead atoms. The fourth-order valence-electron chi connectivity index (χ4n) is 1.70. The molecule has 84 valence electrons. The van der Waals surface area contributed by atoms with E-state index in [1.807, 2.05) is 18.2 Å². The van der Waals surface area contributed by atoms with Crippen molar-refractivity contribution in [3.05, 3.63) is 24.4 Å². The highest BCUT2D eigenvalue weighted by Gasteiger charge is 2.13. The van der Waals surface area contributed by atoms with E-state index in [2.05, 4.69) is 10.3 Å². The number of rotatable bonds is 3. The first-order valence-corrected chi connectivity index (χ1v) is 5.20. The van der Waals surface area contributed by atoms with Gasteiger partial charge >= 0.3 is 0 Å². The van der Waals surface area contributed by atoms with Gasteiger partial charge in [0.15, 0.2) is 0 Å². The largest absolute Gasteiger partial charge is 0.477 e. The van der Waals surface area contributed by atoms with E-state index in [4.69, 9.17) is 4.74 Å². The molecule has 1 aromatic rings. The lowest BCUT2D eigenvalue weighted by molar-refractivity contribution is 0.212. The fraction of sp³-hybridized carbons (Fsp3) is 0.545. The molecule has 15 heavy (non-hydrogen) atoms. The van der Waals surface area contributed by atoms with Gasteiger partial charge in [-0.25, -0.2) is 4.98 Å². The molecule has 2 heterocycles. The Balaban J connectivity index is 0.00000112. The molecular formula is C11H17ClN2O. The SMILES string of the molecule is Cl.c1ccc(OCC2CCCNC2)nc1. The smallest absolute Gasteiger partial charge is 0.213 e. The Bertz CT molecular complexity index is 263. The van der Waals surface area contributed by atoms with E-state index in [9.17, 15) is 0 Å². The predicted molar refractivity (Wildman–Crippen MR) is 62.6 cm³/mol. The van der Waals surface area contributed by atoms with E-state index in [0.29, 0.717) is 5.92 Å². The third-order valence-corrected chi connectivity index (χ3v) is 2.50. The molecule has 1 aliphatic rings. The number of nitrogens with one attached hydrogen (secondary N) is 1. The number of pyridine rings is 1. The van der Waals surface area contributed by atoms with Crippen LogP contribution in [-0.4, -0.2) is 24.7 Å². The fourth-order valence-corrected chi connectivity index (χ4v) is 1.70. The summed E-state index contributed by atoms with van der Waals surface area (Å²) >= 11 is 0. The standard InChI is InChI=1S/C11H16N2O.ClH/c1-2-7-13-11(5-1)14-9-10-4-3-6-12-8-10;/h1-2,5,7,10,12H,3-4,6,8-9H2;1H. The number of ether oxygens (including phenoxy) is 1. The summed E-state index contributed by atoms with van der Waals surface area (Å²) in [4.78, 5) is 4.12. The molecular weight excluding hydrogens is 212 g/mol. The first-order chi connectivity index (χ1) is 6.95. The number of halogens is 1. The minimum Gasteiger partial charge on any atom is -0.477 e. The van der Waals surface area contributed by atoms with Crippen molar-refractivity contribution in [3.63, 3.8) is 0 Å². The first kappa shape index (κ1) is 12.3. The van der Waals surface area contributed by atoms with Gasteiger partial charge in [-0.1, -0.05) is 6.07 Å². The van der Waals surface area contributed by atoms with Crippen LogP contribution < -0.4 is 10.1 Å². The van der Waals surface area contributed by atoms with E-state index < -0.39 is 0 Å². The number of hydrogen-bond donors (Lipinski definition) is 1. The monoisotopic (exact) mass is 228 g/mol. The van der Waals surface area contributed by atoms with E-state index in [0.717, 1.165) is 25.6 Å².